The number of halogens is 36. The van der Waals surface area contributed by atoms with Gasteiger partial charge in [-0.3, -0.25) is 0 Å². The molecule has 0 amide bonds. The van der Waals surface area contributed by atoms with E-state index in [-0.39, 0.29) is 0 Å². The zero-order valence-corrected chi connectivity index (χ0v) is 38.8. The third-order valence-corrected chi connectivity index (χ3v) is 12.6. The molecule has 9 rings (SSSR count). The fraction of sp³-hybridized carbons (Fsp3) is 0. The molecule has 0 unspecified atom stereocenters. The number of fused-ring (bicyclic) bond motifs is 3. The van der Waals surface area contributed by atoms with Gasteiger partial charge in [0.2, 0.25) is 0 Å². The Balaban J connectivity index is 0.000000245. The average molecular weight is 1280 g/mol. The molecular weight excluding hydrogens is 1280 g/mol. The Bertz CT molecular complexity index is 4000. The zero-order valence-electron chi connectivity index (χ0n) is 38.8. The van der Waals surface area contributed by atoms with Gasteiger partial charge in [-0.15, -0.1) is 0 Å². The van der Waals surface area contributed by atoms with Gasteiger partial charge in [0.05, 0.1) is 16.2 Å². The monoisotopic (exact) mass is 1280 g/mol. The van der Waals surface area contributed by atoms with Gasteiger partial charge in [0.15, 0.2) is 209 Å². The standard InChI is InChI=1S/C30BF21.C18BF15/c32-10-1-4(16(38)28(50)25(10)47)13(35)22(44)19(41)7(1)31(8-2-5(14(36)23(45)20(8)42)17(39)29(51)26(48)11(2)33)9-3-6(15(37)24(46)21(9)43)18(40)30(52)27(49)12(3)34;20-4-1(5(21)11(27)16(32)10(4)26)19(2-6(22)12(28)17(33)13(29)7(2)23)3-8(24)14(30)18(34)15(31)9(3)25. The summed E-state index contributed by atoms with van der Waals surface area (Å²) in [6.07, 6.45) is 0. The number of benzene rings is 9. The second kappa shape index (κ2) is 21.7. The Hall–Kier alpha value is -8.63. The van der Waals surface area contributed by atoms with Crippen LogP contribution in [0.5, 0.6) is 0 Å². The van der Waals surface area contributed by atoms with Crippen molar-refractivity contribution in [2.75, 3.05) is 0 Å². The highest BCUT2D eigenvalue weighted by molar-refractivity contribution is 6.99. The maximum Gasteiger partial charge on any atom is 0.265 e. The minimum atomic E-state index is -4.40. The van der Waals surface area contributed by atoms with Crippen molar-refractivity contribution in [3.8, 4) is 0 Å². The molecule has 0 fully saturated rings. The van der Waals surface area contributed by atoms with Crippen molar-refractivity contribution in [3.63, 3.8) is 0 Å². The van der Waals surface area contributed by atoms with Gasteiger partial charge in [-0.1, -0.05) is 0 Å². The minimum absolute atomic E-state index is 2.66. The van der Waals surface area contributed by atoms with Crippen LogP contribution in [0, 0.1) is 209 Å². The van der Waals surface area contributed by atoms with Crippen LogP contribution in [0.1, 0.15) is 0 Å². The minimum Gasteiger partial charge on any atom is -0.204 e. The van der Waals surface area contributed by atoms with Crippen LogP contribution >= 0.6 is 0 Å². The van der Waals surface area contributed by atoms with Crippen LogP contribution in [0.3, 0.4) is 0 Å². The molecule has 0 N–H and O–H groups in total. The van der Waals surface area contributed by atoms with E-state index in [4.69, 9.17) is 0 Å². The normalized spacial score (nSPS) is 11.7. The van der Waals surface area contributed by atoms with Crippen LogP contribution in [-0.2, 0) is 0 Å². The van der Waals surface area contributed by atoms with Gasteiger partial charge in [-0.05, 0) is 16.4 Å². The van der Waals surface area contributed by atoms with Crippen molar-refractivity contribution >= 4 is 78.5 Å². The highest BCUT2D eigenvalue weighted by Crippen LogP contribution is 2.37. The first-order valence-electron chi connectivity index (χ1n) is 21.3. The van der Waals surface area contributed by atoms with E-state index < -0.39 is 288 Å². The molecule has 0 aliphatic rings. The first-order valence-corrected chi connectivity index (χ1v) is 21.3. The maximum absolute atomic E-state index is 15.9. The molecule has 0 aliphatic heterocycles. The first-order chi connectivity index (χ1) is 39.8. The van der Waals surface area contributed by atoms with E-state index in [0.717, 1.165) is 0 Å². The van der Waals surface area contributed by atoms with E-state index in [1.54, 1.807) is 0 Å². The molecule has 9 aromatic rings. The SMILES string of the molecule is Fc1c(F)c(F)c(B(c2c(F)c(F)c(F)c(F)c2F)c2c(F)c(F)c(F)c(F)c2F)c(F)c1F.Fc1c(F)c(F)c2c(B(c3c(F)c(F)c(F)c4c(F)c(F)c(F)c(F)c34)c3c(F)c(F)c(F)c4c(F)c(F)c(F)c(F)c34)c(F)c(F)c(F)c2c1F. The van der Waals surface area contributed by atoms with E-state index in [2.05, 4.69) is 0 Å². The molecule has 38 heteroatoms. The van der Waals surface area contributed by atoms with Gasteiger partial charge in [0.25, 0.3) is 13.4 Å². The fourth-order valence-electron chi connectivity index (χ4n) is 8.88. The first kappa shape index (κ1) is 63.4. The Morgan fingerprint density at radius 2 is 0.186 bits per heavy atom. The molecule has 0 aliphatic carbocycles. The summed E-state index contributed by atoms with van der Waals surface area (Å²) in [5.41, 5.74) is -16.6. The molecule has 0 aromatic heterocycles. The molecule has 9 aromatic carbocycles. The van der Waals surface area contributed by atoms with Crippen molar-refractivity contribution in [1.82, 2.24) is 0 Å². The Morgan fingerprint density at radius 1 is 0.0930 bits per heavy atom. The van der Waals surface area contributed by atoms with Crippen LogP contribution in [0.2, 0.25) is 0 Å². The molecule has 0 spiro atoms. The summed E-state index contributed by atoms with van der Waals surface area (Å²) in [6, 6.07) is 0. The number of rotatable bonds is 6. The topological polar surface area (TPSA) is 0 Å². The Kier molecular flexibility index (Phi) is 16.0. The van der Waals surface area contributed by atoms with Crippen molar-refractivity contribution < 1.29 is 158 Å². The summed E-state index contributed by atoms with van der Waals surface area (Å²) in [6.45, 7) is -8.36. The summed E-state index contributed by atoms with van der Waals surface area (Å²) < 4.78 is 524. The van der Waals surface area contributed by atoms with Crippen LogP contribution in [0.25, 0.3) is 32.3 Å². The predicted molar refractivity (Wildman–Crippen MR) is 219 cm³/mol. The summed E-state index contributed by atoms with van der Waals surface area (Å²) in [5.74, 6) is -112. The van der Waals surface area contributed by atoms with Gasteiger partial charge in [0.1, 0.15) is 0 Å². The summed E-state index contributed by atoms with van der Waals surface area (Å²) in [5, 5.41) is -16.1. The fourth-order valence-corrected chi connectivity index (χ4v) is 8.88. The molecule has 0 atom stereocenters. The molecular formula is C48B2F36. The highest BCUT2D eigenvalue weighted by Gasteiger charge is 2.48. The highest BCUT2D eigenvalue weighted by atomic mass is 19.2. The summed E-state index contributed by atoms with van der Waals surface area (Å²) in [7, 11) is 0. The van der Waals surface area contributed by atoms with Crippen LogP contribution in [0.15, 0.2) is 0 Å². The van der Waals surface area contributed by atoms with Crippen molar-refractivity contribution in [2.24, 2.45) is 0 Å². The lowest BCUT2D eigenvalue weighted by atomic mass is 9.34. The van der Waals surface area contributed by atoms with E-state index in [9.17, 15) is 119 Å². The molecule has 0 saturated heterocycles. The lowest BCUT2D eigenvalue weighted by Crippen LogP contribution is -2.60. The zero-order chi connectivity index (χ0) is 64.9. The van der Waals surface area contributed by atoms with Crippen molar-refractivity contribution in [2.45, 2.75) is 0 Å². The predicted octanol–water partition coefficient (Wildman–Crippen LogP) is 12.9. The molecule has 450 valence electrons. The van der Waals surface area contributed by atoms with Crippen LogP contribution in [0.4, 0.5) is 158 Å². The molecule has 0 bridgehead atoms. The molecule has 0 heterocycles. The van der Waals surface area contributed by atoms with Gasteiger partial charge >= 0.3 is 0 Å². The van der Waals surface area contributed by atoms with E-state index >= 15 is 39.5 Å². The summed E-state index contributed by atoms with van der Waals surface area (Å²) in [4.78, 5) is 0. The second-order valence-electron chi connectivity index (χ2n) is 16.9. The van der Waals surface area contributed by atoms with Crippen LogP contribution < -0.4 is 32.8 Å². The van der Waals surface area contributed by atoms with Crippen molar-refractivity contribution in [3.05, 3.63) is 209 Å². The molecule has 0 radical (unpaired) electrons. The van der Waals surface area contributed by atoms with Gasteiger partial charge in [0, 0.05) is 32.5 Å². The number of hydrogen-bond donors (Lipinski definition) is 0. The molecule has 0 nitrogen and oxygen atoms in total. The smallest absolute Gasteiger partial charge is 0.204 e. The molecule has 0 saturated carbocycles. The van der Waals surface area contributed by atoms with Crippen LogP contribution in [-0.4, -0.2) is 13.4 Å². The second-order valence-corrected chi connectivity index (χ2v) is 16.9. The number of hydrogen-bond acceptors (Lipinski definition) is 0. The summed E-state index contributed by atoms with van der Waals surface area (Å²) >= 11 is 0. The maximum atomic E-state index is 15.9. The Morgan fingerprint density at radius 3 is 0.349 bits per heavy atom. The largest absolute Gasteiger partial charge is 0.265 e. The van der Waals surface area contributed by atoms with E-state index in [0.29, 0.717) is 0 Å². The lowest BCUT2D eigenvalue weighted by Gasteiger charge is -2.25. The van der Waals surface area contributed by atoms with Gasteiger partial charge in [-0.2, -0.15) is 0 Å². The lowest BCUT2D eigenvalue weighted by molar-refractivity contribution is 0.380. The van der Waals surface area contributed by atoms with E-state index in [1.165, 1.54) is 0 Å². The van der Waals surface area contributed by atoms with Crippen molar-refractivity contribution in [1.29, 1.82) is 0 Å². The third kappa shape index (κ3) is 8.66. The quantitative estimate of drug-likeness (QED) is 0.0674. The van der Waals surface area contributed by atoms with E-state index in [1.807, 2.05) is 0 Å². The Labute approximate surface area is 445 Å². The van der Waals surface area contributed by atoms with Gasteiger partial charge in [-0.25, -0.2) is 158 Å². The third-order valence-electron chi connectivity index (χ3n) is 12.6. The molecule has 86 heavy (non-hydrogen) atoms. The average Bonchev–Trinajstić information content (AvgIpc) is 0.719. The van der Waals surface area contributed by atoms with Gasteiger partial charge < -0.3 is 0 Å².